The monoisotopic (exact) mass is 309 g/mol. The van der Waals surface area contributed by atoms with Crippen molar-refractivity contribution in [3.63, 3.8) is 0 Å². The van der Waals surface area contributed by atoms with Gasteiger partial charge in [-0.1, -0.05) is 6.07 Å². The lowest BCUT2D eigenvalue weighted by molar-refractivity contribution is -0.137. The fraction of sp³-hybridized carbons (Fsp3) is 0.400. The fourth-order valence-corrected chi connectivity index (χ4v) is 1.28. The van der Waals surface area contributed by atoms with Crippen LogP contribution < -0.4 is 5.73 Å². The molecule has 1 aromatic carbocycles. The van der Waals surface area contributed by atoms with Crippen molar-refractivity contribution in [2.45, 2.75) is 18.1 Å². The number of aliphatic hydroxyl groups excluding tert-OH is 1. The second kappa shape index (κ2) is 5.98. The topological polar surface area (TPSA) is 46.2 Å². The molecule has 0 bridgehead atoms. The Hall–Kier alpha value is -0.990. The van der Waals surface area contributed by atoms with E-state index >= 15 is 0 Å². The minimum absolute atomic E-state index is 0. The number of hydrogen-bond donors (Lipinski definition) is 2. The van der Waals surface area contributed by atoms with Crippen molar-refractivity contribution in [2.75, 3.05) is 6.61 Å². The molecule has 3 N–H and O–H groups in total. The molecule has 1 rings (SSSR count). The molecule has 110 valence electrons. The number of nitrogens with two attached hydrogens (primary N) is 1. The maximum atomic E-state index is 13.3. The zero-order valence-electron chi connectivity index (χ0n) is 9.22. The summed E-state index contributed by atoms with van der Waals surface area (Å²) in [5.41, 5.74) is 2.92. The first-order valence-electron chi connectivity index (χ1n) is 4.70. The SMILES string of the molecule is Cl.N[C@@H](c1ccc(C(F)(F)F)cc1F)C(F)(F)CO. The Bertz CT molecular complexity index is 437. The molecule has 0 aliphatic carbocycles. The van der Waals surface area contributed by atoms with E-state index in [2.05, 4.69) is 0 Å². The summed E-state index contributed by atoms with van der Waals surface area (Å²) in [6.07, 6.45) is -4.77. The van der Waals surface area contributed by atoms with Crippen LogP contribution >= 0.6 is 12.4 Å². The van der Waals surface area contributed by atoms with Crippen molar-refractivity contribution in [3.8, 4) is 0 Å². The minimum Gasteiger partial charge on any atom is -0.390 e. The van der Waals surface area contributed by atoms with Gasteiger partial charge in [0.05, 0.1) is 11.6 Å². The van der Waals surface area contributed by atoms with Crippen LogP contribution in [0.4, 0.5) is 26.3 Å². The highest BCUT2D eigenvalue weighted by Gasteiger charge is 2.39. The molecule has 0 aliphatic rings. The highest BCUT2D eigenvalue weighted by molar-refractivity contribution is 5.85. The largest absolute Gasteiger partial charge is 0.416 e. The molecule has 0 saturated carbocycles. The summed E-state index contributed by atoms with van der Waals surface area (Å²) in [7, 11) is 0. The lowest BCUT2D eigenvalue weighted by Gasteiger charge is -2.22. The first-order chi connectivity index (χ1) is 8.09. The third-order valence-corrected chi connectivity index (χ3v) is 2.33. The van der Waals surface area contributed by atoms with Crippen molar-refractivity contribution in [1.29, 1.82) is 0 Å². The van der Waals surface area contributed by atoms with Gasteiger partial charge >= 0.3 is 6.18 Å². The molecule has 9 heteroatoms. The van der Waals surface area contributed by atoms with Crippen LogP contribution in [-0.4, -0.2) is 17.6 Å². The van der Waals surface area contributed by atoms with Gasteiger partial charge in [-0.25, -0.2) is 13.2 Å². The summed E-state index contributed by atoms with van der Waals surface area (Å²) in [5, 5.41) is 8.37. The highest BCUT2D eigenvalue weighted by Crippen LogP contribution is 2.34. The van der Waals surface area contributed by atoms with E-state index in [-0.39, 0.29) is 18.5 Å². The minimum atomic E-state index is -4.77. The van der Waals surface area contributed by atoms with Gasteiger partial charge in [0.25, 0.3) is 5.92 Å². The smallest absolute Gasteiger partial charge is 0.390 e. The van der Waals surface area contributed by atoms with Crippen molar-refractivity contribution in [1.82, 2.24) is 0 Å². The second-order valence-electron chi connectivity index (χ2n) is 3.63. The van der Waals surface area contributed by atoms with E-state index in [1.807, 2.05) is 0 Å². The van der Waals surface area contributed by atoms with E-state index in [0.717, 1.165) is 0 Å². The quantitative estimate of drug-likeness (QED) is 0.843. The van der Waals surface area contributed by atoms with Crippen LogP contribution in [-0.2, 0) is 6.18 Å². The van der Waals surface area contributed by atoms with Gasteiger partial charge in [-0.15, -0.1) is 12.4 Å². The third-order valence-electron chi connectivity index (χ3n) is 2.33. The summed E-state index contributed by atoms with van der Waals surface area (Å²) in [6.45, 7) is -1.63. The summed E-state index contributed by atoms with van der Waals surface area (Å²) < 4.78 is 75.9. The molecule has 0 aliphatic heterocycles. The third kappa shape index (κ3) is 3.99. The van der Waals surface area contributed by atoms with Gasteiger partial charge in [-0.05, 0) is 12.1 Å². The Kier molecular flexibility index (Phi) is 5.66. The first-order valence-corrected chi connectivity index (χ1v) is 4.70. The Balaban J connectivity index is 0.00000324. The lowest BCUT2D eigenvalue weighted by Crippen LogP contribution is -2.36. The van der Waals surface area contributed by atoms with E-state index in [1.165, 1.54) is 0 Å². The van der Waals surface area contributed by atoms with Crippen molar-refractivity contribution in [3.05, 3.63) is 35.1 Å². The molecule has 19 heavy (non-hydrogen) atoms. The molecule has 0 amide bonds. The molecule has 1 atom stereocenters. The van der Waals surface area contributed by atoms with Gasteiger partial charge in [0.2, 0.25) is 0 Å². The Morgan fingerprint density at radius 1 is 1.16 bits per heavy atom. The predicted molar refractivity (Wildman–Crippen MR) is 57.6 cm³/mol. The summed E-state index contributed by atoms with van der Waals surface area (Å²) in [4.78, 5) is 0. The van der Waals surface area contributed by atoms with E-state index in [0.29, 0.717) is 12.1 Å². The van der Waals surface area contributed by atoms with Crippen LogP contribution in [0.3, 0.4) is 0 Å². The molecule has 0 heterocycles. The number of rotatable bonds is 3. The van der Waals surface area contributed by atoms with Gasteiger partial charge in [-0.3, -0.25) is 0 Å². The van der Waals surface area contributed by atoms with Gasteiger partial charge in [0.1, 0.15) is 12.4 Å². The molecule has 0 aromatic heterocycles. The molecule has 0 unspecified atom stereocenters. The maximum absolute atomic E-state index is 13.3. The Morgan fingerprint density at radius 3 is 2.05 bits per heavy atom. The van der Waals surface area contributed by atoms with Gasteiger partial charge in [0.15, 0.2) is 0 Å². The number of hydrogen-bond acceptors (Lipinski definition) is 2. The zero-order chi connectivity index (χ0) is 14.1. The number of halogens is 7. The molecule has 0 spiro atoms. The normalized spacial score (nSPS) is 13.9. The van der Waals surface area contributed by atoms with Crippen LogP contribution in [0.5, 0.6) is 0 Å². The average molecular weight is 310 g/mol. The molecule has 1 aromatic rings. The number of aliphatic hydroxyl groups is 1. The van der Waals surface area contributed by atoms with Gasteiger partial charge in [-0.2, -0.15) is 13.2 Å². The lowest BCUT2D eigenvalue weighted by atomic mass is 9.99. The summed E-state index contributed by atoms with van der Waals surface area (Å²) >= 11 is 0. The van der Waals surface area contributed by atoms with E-state index in [9.17, 15) is 26.3 Å². The van der Waals surface area contributed by atoms with Crippen molar-refractivity contribution in [2.24, 2.45) is 5.73 Å². The second-order valence-corrected chi connectivity index (χ2v) is 3.63. The van der Waals surface area contributed by atoms with Crippen LogP contribution in [0, 0.1) is 5.82 Å². The molecular weight excluding hydrogens is 300 g/mol. The molecule has 0 saturated heterocycles. The molecular formula is C10H10ClF6NO. The Labute approximate surface area is 110 Å². The van der Waals surface area contributed by atoms with Crippen LogP contribution in [0.25, 0.3) is 0 Å². The Morgan fingerprint density at radius 2 is 1.68 bits per heavy atom. The molecule has 0 fully saturated rings. The van der Waals surface area contributed by atoms with E-state index in [4.69, 9.17) is 10.8 Å². The van der Waals surface area contributed by atoms with Gasteiger partial charge in [0, 0.05) is 5.56 Å². The summed E-state index contributed by atoms with van der Waals surface area (Å²) in [5.74, 6) is -5.31. The highest BCUT2D eigenvalue weighted by atomic mass is 35.5. The van der Waals surface area contributed by atoms with Crippen molar-refractivity contribution >= 4 is 12.4 Å². The van der Waals surface area contributed by atoms with Crippen LogP contribution in [0.1, 0.15) is 17.2 Å². The molecule has 0 radical (unpaired) electrons. The summed E-state index contributed by atoms with van der Waals surface area (Å²) in [6, 6.07) is -1.15. The maximum Gasteiger partial charge on any atom is 0.416 e. The van der Waals surface area contributed by atoms with Crippen LogP contribution in [0.2, 0.25) is 0 Å². The van der Waals surface area contributed by atoms with Crippen LogP contribution in [0.15, 0.2) is 18.2 Å². The van der Waals surface area contributed by atoms with Crippen molar-refractivity contribution < 1.29 is 31.4 Å². The fourth-order valence-electron chi connectivity index (χ4n) is 1.28. The average Bonchev–Trinajstić information content (AvgIpc) is 2.26. The molecule has 2 nitrogen and oxygen atoms in total. The van der Waals surface area contributed by atoms with Gasteiger partial charge < -0.3 is 10.8 Å². The number of benzene rings is 1. The standard InChI is InChI=1S/C10H9F6NO.ClH/c11-7-3-5(10(14,15)16)1-2-6(7)8(17)9(12,13)4-18;/h1-3,8,18H,4,17H2;1H/t8-;/m0./s1. The predicted octanol–water partition coefficient (Wildman–Crippen LogP) is 2.89. The zero-order valence-corrected chi connectivity index (χ0v) is 10.0. The number of alkyl halides is 5. The van der Waals surface area contributed by atoms with E-state index < -0.39 is 41.7 Å². The van der Waals surface area contributed by atoms with E-state index in [1.54, 1.807) is 0 Å². The first kappa shape index (κ1) is 18.0.